The predicted octanol–water partition coefficient (Wildman–Crippen LogP) is 1.81. The van der Waals surface area contributed by atoms with Gasteiger partial charge in [0.15, 0.2) is 0 Å². The highest BCUT2D eigenvalue weighted by atomic mass is 79.9. The summed E-state index contributed by atoms with van der Waals surface area (Å²) in [7, 11) is -3.70. The molecule has 1 aliphatic heterocycles. The molecule has 2 aromatic carbocycles. The van der Waals surface area contributed by atoms with Crippen LogP contribution in [0.3, 0.4) is 0 Å². The number of carbonyl (C=O) groups is 3. The Kier molecular flexibility index (Phi) is 6.85. The van der Waals surface area contributed by atoms with E-state index < -0.39 is 16.1 Å². The molecule has 30 heavy (non-hydrogen) atoms. The van der Waals surface area contributed by atoms with Crippen molar-refractivity contribution < 1.29 is 22.8 Å². The summed E-state index contributed by atoms with van der Waals surface area (Å²) in [6.07, 6.45) is -0.0625. The van der Waals surface area contributed by atoms with Crippen LogP contribution in [0, 0.1) is 0 Å². The minimum Gasteiger partial charge on any atom is -0.329 e. The minimum atomic E-state index is -3.70. The number of amides is 4. The lowest BCUT2D eigenvalue weighted by Crippen LogP contribution is -2.30. The van der Waals surface area contributed by atoms with Gasteiger partial charge in [-0.1, -0.05) is 28.1 Å². The maximum Gasteiger partial charge on any atom is 0.324 e. The van der Waals surface area contributed by atoms with E-state index in [9.17, 15) is 22.8 Å². The minimum absolute atomic E-state index is 0.0224. The van der Waals surface area contributed by atoms with Crippen LogP contribution in [0.2, 0.25) is 0 Å². The zero-order valence-electron chi connectivity index (χ0n) is 15.7. The zero-order valence-corrected chi connectivity index (χ0v) is 18.1. The van der Waals surface area contributed by atoms with E-state index in [1.807, 2.05) is 0 Å². The van der Waals surface area contributed by atoms with E-state index in [-0.39, 0.29) is 42.8 Å². The normalized spacial score (nSPS) is 14.0. The third-order valence-electron chi connectivity index (χ3n) is 4.26. The second-order valence-electron chi connectivity index (χ2n) is 6.49. The summed E-state index contributed by atoms with van der Waals surface area (Å²) in [6.45, 7) is 0.0131. The second-order valence-corrected chi connectivity index (χ2v) is 9.17. The van der Waals surface area contributed by atoms with Gasteiger partial charge in [-0.25, -0.2) is 17.9 Å². The standard InChI is InChI=1S/C19H19BrN4O5S/c20-14-4-6-16(7-5-14)30(28,29)22-9-8-17(25)23-15-3-1-2-13(10-15)12-24-18(26)11-21-19(24)27/h1-7,10,22H,8-9,11-12H2,(H,21,27)(H,23,25). The second kappa shape index (κ2) is 9.37. The molecule has 0 aromatic heterocycles. The fraction of sp³-hybridized carbons (Fsp3) is 0.211. The highest BCUT2D eigenvalue weighted by Gasteiger charge is 2.28. The molecule has 3 rings (SSSR count). The number of hydrogen-bond acceptors (Lipinski definition) is 5. The van der Waals surface area contributed by atoms with Gasteiger partial charge in [0.2, 0.25) is 21.8 Å². The summed E-state index contributed by atoms with van der Waals surface area (Å²) < 4.78 is 27.6. The van der Waals surface area contributed by atoms with Crippen molar-refractivity contribution in [2.45, 2.75) is 17.9 Å². The van der Waals surface area contributed by atoms with Gasteiger partial charge in [0.25, 0.3) is 0 Å². The number of halogens is 1. The van der Waals surface area contributed by atoms with E-state index in [0.717, 1.165) is 9.37 Å². The van der Waals surface area contributed by atoms with Gasteiger partial charge in [-0.15, -0.1) is 0 Å². The van der Waals surface area contributed by atoms with Gasteiger partial charge >= 0.3 is 6.03 Å². The van der Waals surface area contributed by atoms with Gasteiger partial charge in [0.1, 0.15) is 0 Å². The van der Waals surface area contributed by atoms with Crippen molar-refractivity contribution in [3.05, 3.63) is 58.6 Å². The molecule has 0 saturated carbocycles. The topological polar surface area (TPSA) is 125 Å². The van der Waals surface area contributed by atoms with Gasteiger partial charge in [-0.05, 0) is 42.0 Å². The van der Waals surface area contributed by atoms with Crippen LogP contribution in [-0.4, -0.2) is 44.3 Å². The molecule has 0 aliphatic carbocycles. The summed E-state index contributed by atoms with van der Waals surface area (Å²) in [5.41, 5.74) is 1.16. The lowest BCUT2D eigenvalue weighted by atomic mass is 10.2. The van der Waals surface area contributed by atoms with Gasteiger partial charge in [-0.2, -0.15) is 0 Å². The van der Waals surface area contributed by atoms with Gasteiger partial charge in [-0.3, -0.25) is 14.5 Å². The van der Waals surface area contributed by atoms with E-state index in [1.165, 1.54) is 12.1 Å². The largest absolute Gasteiger partial charge is 0.329 e. The number of imide groups is 1. The SMILES string of the molecule is O=C(CCNS(=O)(=O)c1ccc(Br)cc1)Nc1cccc(CN2C(=O)CNC2=O)c1. The first-order valence-corrected chi connectivity index (χ1v) is 11.2. The number of rotatable bonds is 8. The molecule has 1 fully saturated rings. The van der Waals surface area contributed by atoms with Crippen molar-refractivity contribution in [1.82, 2.24) is 14.9 Å². The molecular formula is C19H19BrN4O5S. The van der Waals surface area contributed by atoms with Crippen LogP contribution in [0.15, 0.2) is 57.9 Å². The fourth-order valence-corrected chi connectivity index (χ4v) is 4.06. The molecule has 11 heteroatoms. The smallest absolute Gasteiger partial charge is 0.324 e. The lowest BCUT2D eigenvalue weighted by molar-refractivity contribution is -0.125. The fourth-order valence-electron chi connectivity index (χ4n) is 2.76. The Labute approximate surface area is 182 Å². The van der Waals surface area contributed by atoms with E-state index >= 15 is 0 Å². The molecule has 4 amide bonds. The van der Waals surface area contributed by atoms with E-state index in [1.54, 1.807) is 36.4 Å². The first-order chi connectivity index (χ1) is 14.2. The monoisotopic (exact) mass is 494 g/mol. The quantitative estimate of drug-likeness (QED) is 0.482. The maximum atomic E-state index is 12.2. The molecule has 0 bridgehead atoms. The van der Waals surface area contributed by atoms with Gasteiger partial charge < -0.3 is 10.6 Å². The van der Waals surface area contributed by atoms with E-state index in [4.69, 9.17) is 0 Å². The first kappa shape index (κ1) is 21.9. The Morgan fingerprint density at radius 3 is 2.53 bits per heavy atom. The molecule has 158 valence electrons. The summed E-state index contributed by atoms with van der Waals surface area (Å²) >= 11 is 3.24. The summed E-state index contributed by atoms with van der Waals surface area (Å²) in [5.74, 6) is -0.687. The number of anilines is 1. The molecule has 0 radical (unpaired) electrons. The molecule has 0 spiro atoms. The Hall–Kier alpha value is -2.76. The maximum absolute atomic E-state index is 12.2. The van der Waals surface area contributed by atoms with Crippen LogP contribution < -0.4 is 15.4 Å². The van der Waals surface area contributed by atoms with Crippen LogP contribution >= 0.6 is 15.9 Å². The molecule has 0 atom stereocenters. The van der Waals surface area contributed by atoms with Crippen LogP contribution in [0.25, 0.3) is 0 Å². The van der Waals surface area contributed by atoms with Crippen molar-refractivity contribution >= 4 is 49.5 Å². The van der Waals surface area contributed by atoms with E-state index in [0.29, 0.717) is 11.3 Å². The van der Waals surface area contributed by atoms with Crippen molar-refractivity contribution in [3.8, 4) is 0 Å². The Bertz CT molecular complexity index is 1060. The molecule has 9 nitrogen and oxygen atoms in total. The van der Waals surface area contributed by atoms with Crippen molar-refractivity contribution in [3.63, 3.8) is 0 Å². The highest BCUT2D eigenvalue weighted by Crippen LogP contribution is 2.16. The van der Waals surface area contributed by atoms with Crippen molar-refractivity contribution in [1.29, 1.82) is 0 Å². The molecule has 1 aliphatic rings. The molecule has 1 saturated heterocycles. The Morgan fingerprint density at radius 2 is 1.87 bits per heavy atom. The number of sulfonamides is 1. The van der Waals surface area contributed by atoms with Crippen LogP contribution in [0.1, 0.15) is 12.0 Å². The molecular weight excluding hydrogens is 476 g/mol. The number of carbonyl (C=O) groups excluding carboxylic acids is 3. The van der Waals surface area contributed by atoms with Crippen molar-refractivity contribution in [2.24, 2.45) is 0 Å². The summed E-state index contributed by atoms with van der Waals surface area (Å²) in [5, 5.41) is 5.12. The number of benzene rings is 2. The average molecular weight is 495 g/mol. The lowest BCUT2D eigenvalue weighted by Gasteiger charge is -2.13. The highest BCUT2D eigenvalue weighted by molar-refractivity contribution is 9.10. The van der Waals surface area contributed by atoms with Crippen LogP contribution in [0.5, 0.6) is 0 Å². The number of nitrogens with one attached hydrogen (secondary N) is 3. The van der Waals surface area contributed by atoms with Crippen LogP contribution in [0.4, 0.5) is 10.5 Å². The predicted molar refractivity (Wildman–Crippen MR) is 113 cm³/mol. The third kappa shape index (κ3) is 5.65. The third-order valence-corrected chi connectivity index (χ3v) is 6.26. The first-order valence-electron chi connectivity index (χ1n) is 8.97. The van der Waals surface area contributed by atoms with E-state index in [2.05, 4.69) is 31.3 Å². The molecule has 1 heterocycles. The Balaban J connectivity index is 1.52. The zero-order chi connectivity index (χ0) is 21.7. The summed E-state index contributed by atoms with van der Waals surface area (Å²) in [4.78, 5) is 36.7. The van der Waals surface area contributed by atoms with Crippen molar-refractivity contribution in [2.75, 3.05) is 18.4 Å². The number of urea groups is 1. The molecule has 0 unspecified atom stereocenters. The number of hydrogen-bond donors (Lipinski definition) is 3. The van der Waals surface area contributed by atoms with Gasteiger partial charge in [0.05, 0.1) is 18.0 Å². The number of nitrogens with zero attached hydrogens (tertiary/aromatic N) is 1. The van der Waals surface area contributed by atoms with Crippen LogP contribution in [-0.2, 0) is 26.2 Å². The molecule has 3 N–H and O–H groups in total. The molecule has 2 aromatic rings. The Morgan fingerprint density at radius 1 is 1.13 bits per heavy atom. The summed E-state index contributed by atoms with van der Waals surface area (Å²) in [6, 6.07) is 12.5. The average Bonchev–Trinajstić information content (AvgIpc) is 3.00. The van der Waals surface area contributed by atoms with Gasteiger partial charge in [0, 0.05) is 23.1 Å².